The van der Waals surface area contributed by atoms with Crippen LogP contribution in [0.2, 0.25) is 0 Å². The van der Waals surface area contributed by atoms with Crippen molar-refractivity contribution in [2.45, 2.75) is 51.2 Å². The zero-order chi connectivity index (χ0) is 13.7. The molecular formula is C14H27N3O2. The molecule has 1 saturated heterocycles. The molecule has 0 aromatic carbocycles. The number of aliphatic imine (C=N–C) groups is 1. The fourth-order valence-electron chi connectivity index (χ4n) is 2.94. The first-order valence-electron chi connectivity index (χ1n) is 7.60. The lowest BCUT2D eigenvalue weighted by Crippen LogP contribution is -2.46. The van der Waals surface area contributed by atoms with E-state index >= 15 is 0 Å². The van der Waals surface area contributed by atoms with Gasteiger partial charge in [0.05, 0.1) is 12.2 Å². The minimum absolute atomic E-state index is 0.157. The summed E-state index contributed by atoms with van der Waals surface area (Å²) in [7, 11) is 0. The van der Waals surface area contributed by atoms with E-state index in [4.69, 9.17) is 0 Å². The first kappa shape index (κ1) is 14.6. The first-order chi connectivity index (χ1) is 9.20. The van der Waals surface area contributed by atoms with Crippen LogP contribution in [0.3, 0.4) is 0 Å². The Kier molecular flexibility index (Phi) is 5.45. The molecule has 0 bridgehead atoms. The average Bonchev–Trinajstić information content (AvgIpc) is 2.81. The smallest absolute Gasteiger partial charge is 0.193 e. The van der Waals surface area contributed by atoms with Crippen LogP contribution >= 0.6 is 0 Å². The Morgan fingerprint density at radius 3 is 2.53 bits per heavy atom. The van der Waals surface area contributed by atoms with Gasteiger partial charge in [0.25, 0.3) is 0 Å². The van der Waals surface area contributed by atoms with Crippen LogP contribution in [0.1, 0.15) is 39.0 Å². The van der Waals surface area contributed by atoms with E-state index in [2.05, 4.69) is 22.1 Å². The molecule has 0 aromatic rings. The third kappa shape index (κ3) is 4.08. The minimum Gasteiger partial charge on any atom is -0.393 e. The summed E-state index contributed by atoms with van der Waals surface area (Å²) >= 11 is 0. The van der Waals surface area contributed by atoms with Crippen molar-refractivity contribution in [1.29, 1.82) is 0 Å². The van der Waals surface area contributed by atoms with Gasteiger partial charge in [0, 0.05) is 32.1 Å². The van der Waals surface area contributed by atoms with Gasteiger partial charge in [-0.15, -0.1) is 0 Å². The molecule has 2 rings (SSSR count). The molecule has 2 aliphatic rings. The Bertz CT molecular complexity index is 301. The highest BCUT2D eigenvalue weighted by molar-refractivity contribution is 5.80. The summed E-state index contributed by atoms with van der Waals surface area (Å²) in [4.78, 5) is 6.90. The largest absolute Gasteiger partial charge is 0.393 e. The number of nitrogens with zero attached hydrogens (tertiary/aromatic N) is 2. The monoisotopic (exact) mass is 269 g/mol. The lowest BCUT2D eigenvalue weighted by molar-refractivity contribution is 0.107. The normalized spacial score (nSPS) is 29.8. The van der Waals surface area contributed by atoms with Gasteiger partial charge in [0.15, 0.2) is 5.96 Å². The molecule has 0 aromatic heterocycles. The van der Waals surface area contributed by atoms with Gasteiger partial charge in [0.1, 0.15) is 0 Å². The third-order valence-corrected chi connectivity index (χ3v) is 4.19. The zero-order valence-corrected chi connectivity index (χ0v) is 11.9. The van der Waals surface area contributed by atoms with Gasteiger partial charge in [-0.2, -0.15) is 0 Å². The highest BCUT2D eigenvalue weighted by Gasteiger charge is 2.25. The van der Waals surface area contributed by atoms with Gasteiger partial charge in [-0.1, -0.05) is 6.42 Å². The summed E-state index contributed by atoms with van der Waals surface area (Å²) in [5, 5.41) is 22.7. The average molecular weight is 269 g/mol. The Hall–Kier alpha value is -0.810. The second kappa shape index (κ2) is 7.10. The van der Waals surface area contributed by atoms with Crippen LogP contribution in [0.25, 0.3) is 0 Å². The molecular weight excluding hydrogens is 242 g/mol. The molecule has 1 aliphatic carbocycles. The number of aliphatic hydroxyl groups excluding tert-OH is 2. The minimum atomic E-state index is -0.171. The van der Waals surface area contributed by atoms with E-state index in [1.54, 1.807) is 0 Å². The SMILES string of the molecule is CCNC(=NCC1CCCC1O)N1CCC(O)CC1. The second-order valence-electron chi connectivity index (χ2n) is 5.67. The molecule has 1 heterocycles. The fraction of sp³-hybridized carbons (Fsp3) is 0.929. The molecule has 5 heteroatoms. The molecule has 0 spiro atoms. The Morgan fingerprint density at radius 2 is 1.95 bits per heavy atom. The molecule has 2 unspecified atom stereocenters. The number of nitrogens with one attached hydrogen (secondary N) is 1. The standard InChI is InChI=1S/C14H27N3O2/c1-2-15-14(17-8-6-12(18)7-9-17)16-10-11-4-3-5-13(11)19/h11-13,18-19H,2-10H2,1H3,(H,15,16). The van der Waals surface area contributed by atoms with Crippen molar-refractivity contribution in [3.8, 4) is 0 Å². The van der Waals surface area contributed by atoms with Crippen molar-refractivity contribution < 1.29 is 10.2 Å². The molecule has 110 valence electrons. The molecule has 1 saturated carbocycles. The van der Waals surface area contributed by atoms with Crippen molar-refractivity contribution in [2.24, 2.45) is 10.9 Å². The lowest BCUT2D eigenvalue weighted by atomic mass is 10.1. The number of hydrogen-bond acceptors (Lipinski definition) is 3. The maximum absolute atomic E-state index is 9.84. The van der Waals surface area contributed by atoms with E-state index in [0.717, 1.165) is 57.7 Å². The maximum atomic E-state index is 9.84. The zero-order valence-electron chi connectivity index (χ0n) is 11.9. The highest BCUT2D eigenvalue weighted by atomic mass is 16.3. The summed E-state index contributed by atoms with van der Waals surface area (Å²) in [6, 6.07) is 0. The molecule has 3 N–H and O–H groups in total. The van der Waals surface area contributed by atoms with E-state index in [-0.39, 0.29) is 12.2 Å². The Labute approximate surface area is 115 Å². The van der Waals surface area contributed by atoms with E-state index < -0.39 is 0 Å². The van der Waals surface area contributed by atoms with Crippen molar-refractivity contribution >= 4 is 5.96 Å². The number of aliphatic hydroxyl groups is 2. The molecule has 0 amide bonds. The van der Waals surface area contributed by atoms with E-state index in [0.29, 0.717) is 12.5 Å². The topological polar surface area (TPSA) is 68.1 Å². The highest BCUT2D eigenvalue weighted by Crippen LogP contribution is 2.25. The van der Waals surface area contributed by atoms with Gasteiger partial charge in [-0.3, -0.25) is 4.99 Å². The number of likely N-dealkylation sites (tertiary alicyclic amines) is 1. The number of guanidine groups is 1. The van der Waals surface area contributed by atoms with Crippen LogP contribution in [0, 0.1) is 5.92 Å². The van der Waals surface area contributed by atoms with E-state index in [1.165, 1.54) is 0 Å². The molecule has 2 atom stereocenters. The van der Waals surface area contributed by atoms with Crippen LogP contribution in [0.4, 0.5) is 0 Å². The predicted octanol–water partition coefficient (Wildman–Crippen LogP) is 0.570. The third-order valence-electron chi connectivity index (χ3n) is 4.19. The summed E-state index contributed by atoms with van der Waals surface area (Å²) in [6.45, 7) is 5.35. The fourth-order valence-corrected chi connectivity index (χ4v) is 2.94. The molecule has 2 fully saturated rings. The van der Waals surface area contributed by atoms with Crippen LogP contribution in [0.5, 0.6) is 0 Å². The molecule has 5 nitrogen and oxygen atoms in total. The van der Waals surface area contributed by atoms with E-state index in [1.807, 2.05) is 0 Å². The van der Waals surface area contributed by atoms with Gasteiger partial charge in [-0.05, 0) is 32.6 Å². The van der Waals surface area contributed by atoms with Crippen LogP contribution in [0.15, 0.2) is 4.99 Å². The van der Waals surface area contributed by atoms with Gasteiger partial charge >= 0.3 is 0 Å². The number of rotatable bonds is 3. The van der Waals surface area contributed by atoms with Crippen molar-refractivity contribution in [3.63, 3.8) is 0 Å². The summed E-state index contributed by atoms with van der Waals surface area (Å²) < 4.78 is 0. The maximum Gasteiger partial charge on any atom is 0.193 e. The molecule has 1 aliphatic heterocycles. The summed E-state index contributed by atoms with van der Waals surface area (Å²) in [6.07, 6.45) is 4.43. The predicted molar refractivity (Wildman–Crippen MR) is 76.1 cm³/mol. The van der Waals surface area contributed by atoms with Crippen molar-refractivity contribution in [2.75, 3.05) is 26.2 Å². The Morgan fingerprint density at radius 1 is 1.21 bits per heavy atom. The van der Waals surface area contributed by atoms with Gasteiger partial charge < -0.3 is 20.4 Å². The van der Waals surface area contributed by atoms with Crippen LogP contribution < -0.4 is 5.32 Å². The van der Waals surface area contributed by atoms with Gasteiger partial charge in [-0.25, -0.2) is 0 Å². The lowest BCUT2D eigenvalue weighted by Gasteiger charge is -2.32. The quantitative estimate of drug-likeness (QED) is 0.517. The van der Waals surface area contributed by atoms with Crippen LogP contribution in [-0.4, -0.2) is 59.5 Å². The van der Waals surface area contributed by atoms with E-state index in [9.17, 15) is 10.2 Å². The van der Waals surface area contributed by atoms with Gasteiger partial charge in [0.2, 0.25) is 0 Å². The number of hydrogen-bond donors (Lipinski definition) is 3. The summed E-state index contributed by atoms with van der Waals surface area (Å²) in [5.74, 6) is 1.26. The van der Waals surface area contributed by atoms with Crippen molar-refractivity contribution in [3.05, 3.63) is 0 Å². The van der Waals surface area contributed by atoms with Crippen LogP contribution in [-0.2, 0) is 0 Å². The number of piperidine rings is 1. The molecule has 0 radical (unpaired) electrons. The van der Waals surface area contributed by atoms with Crippen molar-refractivity contribution in [1.82, 2.24) is 10.2 Å². The first-order valence-corrected chi connectivity index (χ1v) is 7.60. The Balaban J connectivity index is 1.90. The molecule has 19 heavy (non-hydrogen) atoms. The summed E-state index contributed by atoms with van der Waals surface area (Å²) in [5.41, 5.74) is 0. The second-order valence-corrected chi connectivity index (χ2v) is 5.67.